The van der Waals surface area contributed by atoms with Gasteiger partial charge in [-0.3, -0.25) is 9.69 Å². The summed E-state index contributed by atoms with van der Waals surface area (Å²) in [7, 11) is 0. The van der Waals surface area contributed by atoms with Crippen LogP contribution >= 0.6 is 0 Å². The fourth-order valence-corrected chi connectivity index (χ4v) is 1.68. The zero-order chi connectivity index (χ0) is 13.0. The monoisotopic (exact) mass is 242 g/mol. The maximum absolute atomic E-state index is 11.7. The summed E-state index contributed by atoms with van der Waals surface area (Å²) in [6.45, 7) is 1.92. The number of carbonyl (C=O) groups excluding carboxylic acids is 1. The number of rotatable bonds is 3. The van der Waals surface area contributed by atoms with Crippen molar-refractivity contribution in [1.82, 2.24) is 4.98 Å². The van der Waals surface area contributed by atoms with Crippen molar-refractivity contribution in [2.75, 3.05) is 4.90 Å². The molecule has 0 aliphatic carbocycles. The minimum Gasteiger partial charge on any atom is -0.493 e. The topological polar surface area (TPSA) is 53.4 Å². The molecule has 4 heteroatoms. The van der Waals surface area contributed by atoms with Crippen LogP contribution in [0.3, 0.4) is 0 Å². The lowest BCUT2D eigenvalue weighted by atomic mass is 10.2. The van der Waals surface area contributed by atoms with E-state index in [-0.39, 0.29) is 11.8 Å². The molecule has 92 valence electrons. The molecule has 0 saturated heterocycles. The largest absolute Gasteiger partial charge is 0.493 e. The molecule has 0 fully saturated rings. The lowest BCUT2D eigenvalue weighted by molar-refractivity contribution is -0.116. The summed E-state index contributed by atoms with van der Waals surface area (Å²) in [5.41, 5.74) is 1.01. The SMILES string of the molecule is CC(=O)N(Cc1ccccc1)c1cccc(O)n1. The quantitative estimate of drug-likeness (QED) is 0.898. The number of hydrogen-bond acceptors (Lipinski definition) is 3. The van der Waals surface area contributed by atoms with Gasteiger partial charge >= 0.3 is 0 Å². The summed E-state index contributed by atoms with van der Waals surface area (Å²) in [6, 6.07) is 14.5. The first kappa shape index (κ1) is 12.1. The summed E-state index contributed by atoms with van der Waals surface area (Å²) in [5, 5.41) is 9.36. The van der Waals surface area contributed by atoms with E-state index in [1.807, 2.05) is 30.3 Å². The van der Waals surface area contributed by atoms with Crippen molar-refractivity contribution in [2.45, 2.75) is 13.5 Å². The van der Waals surface area contributed by atoms with E-state index in [9.17, 15) is 9.90 Å². The van der Waals surface area contributed by atoms with Crippen LogP contribution < -0.4 is 4.90 Å². The van der Waals surface area contributed by atoms with E-state index in [0.717, 1.165) is 5.56 Å². The second kappa shape index (κ2) is 5.31. The van der Waals surface area contributed by atoms with Gasteiger partial charge in [-0.25, -0.2) is 0 Å². The third-order valence-corrected chi connectivity index (χ3v) is 2.56. The van der Waals surface area contributed by atoms with Crippen LogP contribution in [0, 0.1) is 0 Å². The van der Waals surface area contributed by atoms with Gasteiger partial charge < -0.3 is 5.11 Å². The summed E-state index contributed by atoms with van der Waals surface area (Å²) < 4.78 is 0. The number of aromatic hydroxyl groups is 1. The van der Waals surface area contributed by atoms with Crippen molar-refractivity contribution in [3.63, 3.8) is 0 Å². The number of hydrogen-bond donors (Lipinski definition) is 1. The van der Waals surface area contributed by atoms with Crippen molar-refractivity contribution in [3.05, 3.63) is 54.1 Å². The average Bonchev–Trinajstić information content (AvgIpc) is 2.37. The normalized spacial score (nSPS) is 10.1. The van der Waals surface area contributed by atoms with Crippen LogP contribution in [0.15, 0.2) is 48.5 Å². The van der Waals surface area contributed by atoms with Gasteiger partial charge in [0.2, 0.25) is 11.8 Å². The molecule has 1 N–H and O–H groups in total. The predicted octanol–water partition coefficient (Wildman–Crippen LogP) is 2.34. The highest BCUT2D eigenvalue weighted by atomic mass is 16.3. The summed E-state index contributed by atoms with van der Waals surface area (Å²) in [4.78, 5) is 17.1. The molecule has 2 rings (SSSR count). The van der Waals surface area contributed by atoms with Gasteiger partial charge in [0.1, 0.15) is 5.82 Å². The van der Waals surface area contributed by atoms with E-state index in [4.69, 9.17) is 0 Å². The van der Waals surface area contributed by atoms with Gasteiger partial charge in [-0.1, -0.05) is 36.4 Å². The number of pyridine rings is 1. The van der Waals surface area contributed by atoms with Gasteiger partial charge in [0.15, 0.2) is 0 Å². The summed E-state index contributed by atoms with van der Waals surface area (Å²) in [5.74, 6) is 0.245. The number of aromatic nitrogens is 1. The lowest BCUT2D eigenvalue weighted by Gasteiger charge is -2.20. The molecule has 1 aromatic heterocycles. The highest BCUT2D eigenvalue weighted by Crippen LogP contribution is 2.17. The number of benzene rings is 1. The third kappa shape index (κ3) is 2.85. The van der Waals surface area contributed by atoms with E-state index in [2.05, 4.69) is 4.98 Å². The van der Waals surface area contributed by atoms with Crippen LogP contribution in [0.25, 0.3) is 0 Å². The van der Waals surface area contributed by atoms with E-state index in [1.165, 1.54) is 17.9 Å². The fraction of sp³-hybridized carbons (Fsp3) is 0.143. The Balaban J connectivity index is 2.27. The molecule has 18 heavy (non-hydrogen) atoms. The Labute approximate surface area is 106 Å². The van der Waals surface area contributed by atoms with Crippen LogP contribution in [-0.2, 0) is 11.3 Å². The molecular weight excluding hydrogens is 228 g/mol. The van der Waals surface area contributed by atoms with Gasteiger partial charge in [0.25, 0.3) is 0 Å². The first-order valence-corrected chi connectivity index (χ1v) is 5.65. The fourth-order valence-electron chi connectivity index (χ4n) is 1.68. The highest BCUT2D eigenvalue weighted by molar-refractivity contribution is 5.90. The zero-order valence-corrected chi connectivity index (χ0v) is 10.1. The minimum absolute atomic E-state index is 0.0909. The highest BCUT2D eigenvalue weighted by Gasteiger charge is 2.13. The molecule has 0 bridgehead atoms. The van der Waals surface area contributed by atoms with Crippen molar-refractivity contribution < 1.29 is 9.90 Å². The van der Waals surface area contributed by atoms with Crippen LogP contribution in [0.2, 0.25) is 0 Å². The average molecular weight is 242 g/mol. The molecule has 2 aromatic rings. The maximum Gasteiger partial charge on any atom is 0.225 e. The molecule has 0 saturated carbocycles. The smallest absolute Gasteiger partial charge is 0.225 e. The van der Waals surface area contributed by atoms with E-state index in [0.29, 0.717) is 12.4 Å². The molecule has 0 radical (unpaired) electrons. The molecule has 1 amide bonds. The zero-order valence-electron chi connectivity index (χ0n) is 10.1. The number of amides is 1. The second-order valence-corrected chi connectivity index (χ2v) is 3.94. The minimum atomic E-state index is -0.114. The first-order chi connectivity index (χ1) is 8.66. The molecule has 4 nitrogen and oxygen atoms in total. The van der Waals surface area contributed by atoms with E-state index in [1.54, 1.807) is 12.1 Å². The van der Waals surface area contributed by atoms with E-state index >= 15 is 0 Å². The lowest BCUT2D eigenvalue weighted by Crippen LogP contribution is -2.28. The van der Waals surface area contributed by atoms with E-state index < -0.39 is 0 Å². The van der Waals surface area contributed by atoms with Gasteiger partial charge in [0.05, 0.1) is 6.54 Å². The Morgan fingerprint density at radius 2 is 1.89 bits per heavy atom. The summed E-state index contributed by atoms with van der Waals surface area (Å²) in [6.07, 6.45) is 0. The van der Waals surface area contributed by atoms with Crippen LogP contribution in [-0.4, -0.2) is 16.0 Å². The van der Waals surface area contributed by atoms with Crippen molar-refractivity contribution in [1.29, 1.82) is 0 Å². The molecule has 1 heterocycles. The van der Waals surface area contributed by atoms with Crippen molar-refractivity contribution >= 4 is 11.7 Å². The Morgan fingerprint density at radius 1 is 1.17 bits per heavy atom. The Hall–Kier alpha value is -2.36. The first-order valence-electron chi connectivity index (χ1n) is 5.65. The number of carbonyl (C=O) groups is 1. The predicted molar refractivity (Wildman–Crippen MR) is 69.2 cm³/mol. The van der Waals surface area contributed by atoms with Gasteiger partial charge in [0, 0.05) is 13.0 Å². The molecule has 1 aromatic carbocycles. The van der Waals surface area contributed by atoms with Crippen LogP contribution in [0.5, 0.6) is 5.88 Å². The Kier molecular flexibility index (Phi) is 3.57. The third-order valence-electron chi connectivity index (χ3n) is 2.56. The van der Waals surface area contributed by atoms with Gasteiger partial charge in [-0.2, -0.15) is 4.98 Å². The maximum atomic E-state index is 11.7. The molecule has 0 spiro atoms. The van der Waals surface area contributed by atoms with Crippen LogP contribution in [0.4, 0.5) is 5.82 Å². The Bertz CT molecular complexity index is 541. The molecule has 0 aliphatic heterocycles. The molecule has 0 aliphatic rings. The number of nitrogens with zero attached hydrogens (tertiary/aromatic N) is 2. The standard InChI is InChI=1S/C14H14N2O2/c1-11(17)16(10-12-6-3-2-4-7-12)13-8-5-9-14(18)15-13/h2-9H,10H2,1H3,(H,15,18). The van der Waals surface area contributed by atoms with Crippen LogP contribution in [0.1, 0.15) is 12.5 Å². The molecular formula is C14H14N2O2. The number of anilines is 1. The molecule has 0 unspecified atom stereocenters. The van der Waals surface area contributed by atoms with Crippen molar-refractivity contribution in [3.8, 4) is 5.88 Å². The van der Waals surface area contributed by atoms with Gasteiger partial charge in [-0.05, 0) is 11.6 Å². The van der Waals surface area contributed by atoms with Gasteiger partial charge in [-0.15, -0.1) is 0 Å². The Morgan fingerprint density at radius 3 is 2.50 bits per heavy atom. The van der Waals surface area contributed by atoms with Crippen molar-refractivity contribution in [2.24, 2.45) is 0 Å². The molecule has 0 atom stereocenters. The summed E-state index contributed by atoms with van der Waals surface area (Å²) >= 11 is 0. The second-order valence-electron chi connectivity index (χ2n) is 3.94.